The first kappa shape index (κ1) is 14.6. The largest absolute Gasteiger partial charge is 0.368 e. The molecule has 0 spiro atoms. The lowest BCUT2D eigenvalue weighted by molar-refractivity contribution is -0.380. The van der Waals surface area contributed by atoms with Crippen LogP contribution in [0.5, 0.6) is 0 Å². The van der Waals surface area contributed by atoms with Gasteiger partial charge in [0.15, 0.2) is 4.80 Å². The highest BCUT2D eigenvalue weighted by Crippen LogP contribution is 2.14. The van der Waals surface area contributed by atoms with Crippen molar-refractivity contribution < 1.29 is 14.5 Å². The van der Waals surface area contributed by atoms with Gasteiger partial charge in [-0.15, -0.1) is 0 Å². The maximum Gasteiger partial charge on any atom is 0.343 e. The lowest BCUT2D eigenvalue weighted by atomic mass is 10.2. The normalized spacial score (nSPS) is 11.3. The Labute approximate surface area is 122 Å². The highest BCUT2D eigenvalue weighted by molar-refractivity contribution is 7.12. The molecule has 0 bridgehead atoms. The second kappa shape index (κ2) is 6.09. The monoisotopic (exact) mass is 306 g/mol. The van der Waals surface area contributed by atoms with E-state index in [0.717, 1.165) is 6.20 Å². The van der Waals surface area contributed by atoms with Gasteiger partial charge in [-0.25, -0.2) is 0 Å². The average Bonchev–Trinajstić information content (AvgIpc) is 2.82. The van der Waals surface area contributed by atoms with Gasteiger partial charge in [0.05, 0.1) is 11.1 Å². The number of carbonyl (C=O) groups is 2. The van der Waals surface area contributed by atoms with E-state index in [1.807, 2.05) is 0 Å². The van der Waals surface area contributed by atoms with E-state index in [9.17, 15) is 19.7 Å². The number of aromatic nitrogens is 1. The van der Waals surface area contributed by atoms with E-state index in [1.54, 1.807) is 30.3 Å². The minimum absolute atomic E-state index is 0.0503. The molecule has 2 amide bonds. The van der Waals surface area contributed by atoms with E-state index in [0.29, 0.717) is 16.9 Å². The van der Waals surface area contributed by atoms with Crippen LogP contribution in [0, 0.1) is 10.1 Å². The summed E-state index contributed by atoms with van der Waals surface area (Å²) < 4.78 is 1.19. The number of nitrogens with two attached hydrogens (primary N) is 1. The maximum absolute atomic E-state index is 12.0. The summed E-state index contributed by atoms with van der Waals surface area (Å²) in [5.74, 6) is -1.23. The molecule has 8 nitrogen and oxygen atoms in total. The van der Waals surface area contributed by atoms with Crippen molar-refractivity contribution in [3.63, 3.8) is 0 Å². The molecule has 0 aliphatic heterocycles. The van der Waals surface area contributed by atoms with Gasteiger partial charge in [0, 0.05) is 5.56 Å². The Hall–Kier alpha value is -2.81. The van der Waals surface area contributed by atoms with Crippen molar-refractivity contribution in [2.24, 2.45) is 10.7 Å². The zero-order valence-electron chi connectivity index (χ0n) is 10.6. The molecular formula is C12H10N4O4S. The molecule has 9 heteroatoms. The number of nitro groups is 1. The van der Waals surface area contributed by atoms with Gasteiger partial charge < -0.3 is 10.3 Å². The fraction of sp³-hybridized carbons (Fsp3) is 0.0833. The van der Waals surface area contributed by atoms with Crippen molar-refractivity contribution in [3.8, 4) is 0 Å². The van der Waals surface area contributed by atoms with Gasteiger partial charge in [-0.2, -0.15) is 4.99 Å². The van der Waals surface area contributed by atoms with Gasteiger partial charge in [-0.05, 0) is 23.5 Å². The summed E-state index contributed by atoms with van der Waals surface area (Å²) in [5, 5.41) is 10.5. The Morgan fingerprint density at radius 3 is 2.57 bits per heavy atom. The topological polar surface area (TPSA) is 121 Å². The van der Waals surface area contributed by atoms with Crippen LogP contribution < -0.4 is 10.5 Å². The number of primary amides is 1. The number of amides is 2. The second-order valence-corrected chi connectivity index (χ2v) is 4.97. The zero-order chi connectivity index (χ0) is 15.4. The summed E-state index contributed by atoms with van der Waals surface area (Å²) in [5.41, 5.74) is 5.42. The Morgan fingerprint density at radius 1 is 1.33 bits per heavy atom. The van der Waals surface area contributed by atoms with E-state index in [4.69, 9.17) is 5.73 Å². The smallest absolute Gasteiger partial charge is 0.343 e. The van der Waals surface area contributed by atoms with Crippen molar-refractivity contribution in [3.05, 3.63) is 57.0 Å². The number of nitrogens with zero attached hydrogens (tertiary/aromatic N) is 3. The summed E-state index contributed by atoms with van der Waals surface area (Å²) in [7, 11) is 0. The molecule has 1 aromatic heterocycles. The first-order chi connectivity index (χ1) is 9.97. The van der Waals surface area contributed by atoms with Crippen LogP contribution in [-0.4, -0.2) is 21.3 Å². The molecule has 0 aliphatic carbocycles. The van der Waals surface area contributed by atoms with Crippen LogP contribution in [0.3, 0.4) is 0 Å². The molecule has 0 saturated heterocycles. The Kier molecular flexibility index (Phi) is 4.24. The van der Waals surface area contributed by atoms with Gasteiger partial charge in [-0.3, -0.25) is 19.7 Å². The SMILES string of the molecule is NC(=O)Cn1cc([N+](=O)[O-])s/c1=N\C(=O)c1ccccc1. The number of rotatable bonds is 4. The molecule has 0 atom stereocenters. The van der Waals surface area contributed by atoms with Crippen LogP contribution in [0.15, 0.2) is 41.5 Å². The van der Waals surface area contributed by atoms with Crippen LogP contribution in [0.2, 0.25) is 0 Å². The van der Waals surface area contributed by atoms with E-state index < -0.39 is 16.7 Å². The fourth-order valence-corrected chi connectivity index (χ4v) is 2.36. The predicted octanol–water partition coefficient (Wildman–Crippen LogP) is 0.684. The molecule has 2 N–H and O–H groups in total. The van der Waals surface area contributed by atoms with Crippen LogP contribution in [0.1, 0.15) is 10.4 Å². The Morgan fingerprint density at radius 2 is 2.00 bits per heavy atom. The molecule has 1 aromatic carbocycles. The third-order valence-electron chi connectivity index (χ3n) is 2.43. The average molecular weight is 306 g/mol. The molecule has 108 valence electrons. The van der Waals surface area contributed by atoms with Gasteiger partial charge >= 0.3 is 5.00 Å². The van der Waals surface area contributed by atoms with Crippen molar-refractivity contribution >= 4 is 28.2 Å². The number of carbonyl (C=O) groups excluding carboxylic acids is 2. The third-order valence-corrected chi connectivity index (χ3v) is 3.40. The van der Waals surface area contributed by atoms with Crippen molar-refractivity contribution in [1.82, 2.24) is 4.57 Å². The molecule has 2 aromatic rings. The number of hydrogen-bond acceptors (Lipinski definition) is 5. The Balaban J connectivity index is 2.46. The fourth-order valence-electron chi connectivity index (χ4n) is 1.55. The van der Waals surface area contributed by atoms with Gasteiger partial charge in [0.25, 0.3) is 5.91 Å². The lowest BCUT2D eigenvalue weighted by Crippen LogP contribution is -2.25. The van der Waals surface area contributed by atoms with Crippen molar-refractivity contribution in [2.45, 2.75) is 6.54 Å². The minimum atomic E-state index is -0.684. The van der Waals surface area contributed by atoms with Gasteiger partial charge in [0.1, 0.15) is 6.54 Å². The molecule has 21 heavy (non-hydrogen) atoms. The first-order valence-electron chi connectivity index (χ1n) is 5.74. The summed E-state index contributed by atoms with van der Waals surface area (Å²) >= 11 is 0.701. The molecule has 0 fully saturated rings. The number of thiazole rings is 1. The zero-order valence-corrected chi connectivity index (χ0v) is 11.4. The molecule has 0 radical (unpaired) electrons. The Bertz CT molecular complexity index is 763. The van der Waals surface area contributed by atoms with E-state index in [-0.39, 0.29) is 16.3 Å². The molecular weight excluding hydrogens is 296 g/mol. The standard InChI is InChI=1S/C12H10N4O4S/c13-9(17)6-15-7-10(16(19)20)21-12(15)14-11(18)8-4-2-1-3-5-8/h1-5,7H,6H2,(H2,13,17)/b14-12-. The minimum Gasteiger partial charge on any atom is -0.368 e. The van der Waals surface area contributed by atoms with Crippen molar-refractivity contribution in [1.29, 1.82) is 0 Å². The van der Waals surface area contributed by atoms with Gasteiger partial charge in [0.2, 0.25) is 5.91 Å². The summed E-state index contributed by atoms with van der Waals surface area (Å²) in [6, 6.07) is 8.26. The van der Waals surface area contributed by atoms with E-state index >= 15 is 0 Å². The first-order valence-corrected chi connectivity index (χ1v) is 6.56. The molecule has 0 aliphatic rings. The quantitative estimate of drug-likeness (QED) is 0.659. The summed E-state index contributed by atoms with van der Waals surface area (Å²) in [6.07, 6.45) is 1.13. The lowest BCUT2D eigenvalue weighted by Gasteiger charge is -1.97. The maximum atomic E-state index is 12.0. The summed E-state index contributed by atoms with van der Waals surface area (Å²) in [4.78, 5) is 37.0. The molecule has 0 unspecified atom stereocenters. The highest BCUT2D eigenvalue weighted by Gasteiger charge is 2.14. The van der Waals surface area contributed by atoms with Crippen LogP contribution >= 0.6 is 11.3 Å². The number of benzene rings is 1. The van der Waals surface area contributed by atoms with Gasteiger partial charge in [-0.1, -0.05) is 18.2 Å². The third kappa shape index (κ3) is 3.60. The molecule has 0 saturated carbocycles. The predicted molar refractivity (Wildman–Crippen MR) is 74.5 cm³/mol. The molecule has 2 rings (SSSR count). The summed E-state index contributed by atoms with van der Waals surface area (Å²) in [6.45, 7) is -0.286. The van der Waals surface area contributed by atoms with Crippen molar-refractivity contribution in [2.75, 3.05) is 0 Å². The number of hydrogen-bond donors (Lipinski definition) is 1. The van der Waals surface area contributed by atoms with E-state index in [2.05, 4.69) is 4.99 Å². The highest BCUT2D eigenvalue weighted by atomic mass is 32.1. The molecule has 1 heterocycles. The van der Waals surface area contributed by atoms with Crippen LogP contribution in [0.4, 0.5) is 5.00 Å². The van der Waals surface area contributed by atoms with Crippen LogP contribution in [0.25, 0.3) is 0 Å². The van der Waals surface area contributed by atoms with Crippen LogP contribution in [-0.2, 0) is 11.3 Å². The second-order valence-electron chi connectivity index (χ2n) is 3.99. The van der Waals surface area contributed by atoms with E-state index in [1.165, 1.54) is 4.57 Å².